The maximum absolute atomic E-state index is 13.7. The van der Waals surface area contributed by atoms with Crippen molar-refractivity contribution in [1.82, 2.24) is 4.90 Å². The number of aliphatic hydroxyl groups is 2. The third-order valence-electron chi connectivity index (χ3n) is 5.82. The first-order chi connectivity index (χ1) is 17.4. The summed E-state index contributed by atoms with van der Waals surface area (Å²) in [4.78, 5) is 54.3. The Kier molecular flexibility index (Phi) is 9.66. The van der Waals surface area contributed by atoms with Crippen molar-refractivity contribution in [3.63, 3.8) is 0 Å². The molecule has 0 spiro atoms. The lowest BCUT2D eigenvalue weighted by atomic mass is 9.72. The molecule has 2 aromatic carbocycles. The third-order valence-corrected chi connectivity index (χ3v) is 5.82. The fourth-order valence-electron chi connectivity index (χ4n) is 4.08. The number of rotatable bonds is 11. The molecule has 1 saturated heterocycles. The molecule has 9 nitrogen and oxygen atoms in total. The first-order valence-electron chi connectivity index (χ1n) is 11.6. The SMILES string of the molecule is O=C(OCCCO)[C@@H]1C(=O)N(Cc2ccccc2)C(=O)[C@H](C(=O)OCCCO)C1c1ccc(F)cc1. The van der Waals surface area contributed by atoms with Crippen molar-refractivity contribution in [2.45, 2.75) is 25.3 Å². The summed E-state index contributed by atoms with van der Waals surface area (Å²) in [5.74, 6) is -8.72. The average molecular weight is 502 g/mol. The number of esters is 2. The van der Waals surface area contributed by atoms with Gasteiger partial charge in [-0.25, -0.2) is 4.39 Å². The Morgan fingerprint density at radius 1 is 0.806 bits per heavy atom. The molecule has 2 amide bonds. The van der Waals surface area contributed by atoms with E-state index in [1.165, 1.54) is 12.1 Å². The van der Waals surface area contributed by atoms with Crippen LogP contribution in [0.25, 0.3) is 0 Å². The van der Waals surface area contributed by atoms with E-state index in [0.29, 0.717) is 5.56 Å². The zero-order valence-electron chi connectivity index (χ0n) is 19.5. The van der Waals surface area contributed by atoms with E-state index in [0.717, 1.165) is 17.0 Å². The van der Waals surface area contributed by atoms with Crippen molar-refractivity contribution in [3.05, 3.63) is 71.5 Å². The lowest BCUT2D eigenvalue weighted by Gasteiger charge is -2.39. The largest absolute Gasteiger partial charge is 0.465 e. The number of ether oxygens (including phenoxy) is 2. The van der Waals surface area contributed by atoms with Crippen molar-refractivity contribution < 1.29 is 43.3 Å². The first kappa shape index (κ1) is 27.0. The van der Waals surface area contributed by atoms with Crippen molar-refractivity contribution in [1.29, 1.82) is 0 Å². The molecule has 1 unspecified atom stereocenters. The minimum absolute atomic E-state index is 0.132. The van der Waals surface area contributed by atoms with Gasteiger partial charge in [-0.3, -0.25) is 24.1 Å². The standard InChI is InChI=1S/C26H28FNO8/c27-19-10-8-18(9-11-19)20-21(25(33)35-14-4-12-29)23(31)28(16-17-6-2-1-3-7-17)24(32)22(20)26(34)36-15-5-13-30/h1-3,6-11,20-22,29-30H,4-5,12-16H2/t20?,21-,22+. The molecule has 36 heavy (non-hydrogen) atoms. The van der Waals surface area contributed by atoms with Crippen LogP contribution in [-0.2, 0) is 35.2 Å². The molecule has 1 heterocycles. The van der Waals surface area contributed by atoms with Crippen molar-refractivity contribution in [3.8, 4) is 0 Å². The van der Waals surface area contributed by atoms with Crippen molar-refractivity contribution >= 4 is 23.8 Å². The van der Waals surface area contributed by atoms with Crippen molar-refractivity contribution in [2.24, 2.45) is 11.8 Å². The number of likely N-dealkylation sites (tertiary alicyclic amines) is 1. The highest BCUT2D eigenvalue weighted by atomic mass is 19.1. The summed E-state index contributed by atoms with van der Waals surface area (Å²) in [5, 5.41) is 18.1. The van der Waals surface area contributed by atoms with E-state index in [1.54, 1.807) is 30.3 Å². The Morgan fingerprint density at radius 2 is 1.31 bits per heavy atom. The van der Waals surface area contributed by atoms with Crippen LogP contribution >= 0.6 is 0 Å². The number of carbonyl (C=O) groups excluding carboxylic acids is 4. The second-order valence-corrected chi connectivity index (χ2v) is 8.27. The molecule has 0 radical (unpaired) electrons. The molecule has 0 saturated carbocycles. The Hall–Kier alpha value is -3.63. The van der Waals surface area contributed by atoms with Crippen LogP contribution in [-0.4, -0.2) is 65.3 Å². The molecular formula is C26H28FNO8. The van der Waals surface area contributed by atoms with Crippen LogP contribution in [0.2, 0.25) is 0 Å². The number of piperidine rings is 1. The Bertz CT molecular complexity index is 1020. The molecular weight excluding hydrogens is 473 g/mol. The summed E-state index contributed by atoms with van der Waals surface area (Å²) in [6.07, 6.45) is 0.264. The van der Waals surface area contributed by atoms with E-state index < -0.39 is 47.3 Å². The van der Waals surface area contributed by atoms with Gasteiger partial charge in [0.1, 0.15) is 17.7 Å². The summed E-state index contributed by atoms with van der Waals surface area (Å²) >= 11 is 0. The number of amides is 2. The maximum Gasteiger partial charge on any atom is 0.319 e. The normalized spacial score (nSPS) is 19.8. The Balaban J connectivity index is 2.06. The van der Waals surface area contributed by atoms with Gasteiger partial charge >= 0.3 is 11.9 Å². The fraction of sp³-hybridized carbons (Fsp3) is 0.385. The fourth-order valence-corrected chi connectivity index (χ4v) is 4.08. The van der Waals surface area contributed by atoms with Crippen LogP contribution < -0.4 is 0 Å². The molecule has 10 heteroatoms. The highest BCUT2D eigenvalue weighted by Gasteiger charge is 2.55. The van der Waals surface area contributed by atoms with Crippen LogP contribution in [0.15, 0.2) is 54.6 Å². The van der Waals surface area contributed by atoms with Gasteiger partial charge in [0.2, 0.25) is 11.8 Å². The smallest absolute Gasteiger partial charge is 0.319 e. The molecule has 3 rings (SSSR count). The molecule has 2 N–H and O–H groups in total. The lowest BCUT2D eigenvalue weighted by molar-refractivity contribution is -0.172. The number of imide groups is 1. The summed E-state index contributed by atoms with van der Waals surface area (Å²) in [6, 6.07) is 13.4. The number of halogens is 1. The van der Waals surface area contributed by atoms with E-state index in [4.69, 9.17) is 19.7 Å². The third kappa shape index (κ3) is 6.32. The second kappa shape index (κ2) is 12.9. The highest BCUT2D eigenvalue weighted by Crippen LogP contribution is 2.41. The van der Waals surface area contributed by atoms with Gasteiger partial charge in [-0.1, -0.05) is 42.5 Å². The maximum atomic E-state index is 13.7. The van der Waals surface area contributed by atoms with E-state index >= 15 is 0 Å². The first-order valence-corrected chi connectivity index (χ1v) is 11.6. The van der Waals surface area contributed by atoms with Gasteiger partial charge in [0.25, 0.3) is 0 Å². The molecule has 192 valence electrons. The van der Waals surface area contributed by atoms with Crippen LogP contribution in [0, 0.1) is 17.7 Å². The van der Waals surface area contributed by atoms with E-state index in [-0.39, 0.29) is 51.4 Å². The van der Waals surface area contributed by atoms with E-state index in [9.17, 15) is 23.6 Å². The van der Waals surface area contributed by atoms with Gasteiger partial charge in [0.15, 0.2) is 0 Å². The molecule has 0 aromatic heterocycles. The number of aliphatic hydroxyl groups excluding tert-OH is 2. The van der Waals surface area contributed by atoms with Crippen molar-refractivity contribution in [2.75, 3.05) is 26.4 Å². The Morgan fingerprint density at radius 3 is 1.78 bits per heavy atom. The molecule has 0 bridgehead atoms. The zero-order chi connectivity index (χ0) is 26.1. The zero-order valence-corrected chi connectivity index (χ0v) is 19.5. The minimum atomic E-state index is -1.59. The summed E-state index contributed by atoms with van der Waals surface area (Å²) < 4.78 is 24.1. The molecule has 1 aliphatic heterocycles. The molecule has 1 fully saturated rings. The quantitative estimate of drug-likeness (QED) is 0.205. The van der Waals surface area contributed by atoms with Crippen LogP contribution in [0.5, 0.6) is 0 Å². The number of hydrogen-bond donors (Lipinski definition) is 2. The van der Waals surface area contributed by atoms with Gasteiger partial charge in [-0.2, -0.15) is 0 Å². The minimum Gasteiger partial charge on any atom is -0.465 e. The number of carbonyl (C=O) groups is 4. The summed E-state index contributed by atoms with van der Waals surface area (Å²) in [7, 11) is 0. The Labute approximate surface area is 207 Å². The van der Waals surface area contributed by atoms with Crippen LogP contribution in [0.4, 0.5) is 4.39 Å². The molecule has 0 aliphatic carbocycles. The average Bonchev–Trinajstić information content (AvgIpc) is 2.87. The number of benzene rings is 2. The van der Waals surface area contributed by atoms with Gasteiger partial charge in [0, 0.05) is 32.0 Å². The monoisotopic (exact) mass is 501 g/mol. The van der Waals surface area contributed by atoms with Gasteiger partial charge in [-0.05, 0) is 23.3 Å². The highest BCUT2D eigenvalue weighted by molar-refractivity contribution is 6.14. The molecule has 1 aliphatic rings. The summed E-state index contributed by atoms with van der Waals surface area (Å²) in [6.45, 7) is -1.02. The predicted octanol–water partition coefficient (Wildman–Crippen LogP) is 1.56. The topological polar surface area (TPSA) is 130 Å². The predicted molar refractivity (Wildman–Crippen MR) is 123 cm³/mol. The summed E-state index contributed by atoms with van der Waals surface area (Å²) in [5.41, 5.74) is 0.810. The van der Waals surface area contributed by atoms with E-state index in [2.05, 4.69) is 0 Å². The lowest BCUT2D eigenvalue weighted by Crippen LogP contribution is -2.57. The molecule has 3 atom stereocenters. The van der Waals surface area contributed by atoms with Gasteiger partial charge < -0.3 is 19.7 Å². The van der Waals surface area contributed by atoms with Gasteiger partial charge in [-0.15, -0.1) is 0 Å². The van der Waals surface area contributed by atoms with Gasteiger partial charge in [0.05, 0.1) is 19.8 Å². The second-order valence-electron chi connectivity index (χ2n) is 8.27. The molecule has 2 aromatic rings. The number of nitrogens with zero attached hydrogens (tertiary/aromatic N) is 1. The number of hydrogen-bond acceptors (Lipinski definition) is 8. The van der Waals surface area contributed by atoms with Crippen LogP contribution in [0.1, 0.15) is 29.9 Å². The van der Waals surface area contributed by atoms with E-state index in [1.807, 2.05) is 0 Å². The van der Waals surface area contributed by atoms with Crippen LogP contribution in [0.3, 0.4) is 0 Å².